The lowest BCUT2D eigenvalue weighted by Crippen LogP contribution is -2.14. The molecule has 0 radical (unpaired) electrons. The number of benzene rings is 2. The van der Waals surface area contributed by atoms with Crippen molar-refractivity contribution in [3.63, 3.8) is 0 Å². The zero-order chi connectivity index (χ0) is 13.0. The number of hydrogen-bond donors (Lipinski definition) is 1. The second kappa shape index (κ2) is 5.87. The van der Waals surface area contributed by atoms with E-state index in [0.29, 0.717) is 6.04 Å². The highest BCUT2D eigenvalue weighted by molar-refractivity contribution is 5.89. The van der Waals surface area contributed by atoms with Gasteiger partial charge in [0, 0.05) is 17.0 Å². The minimum absolute atomic E-state index is 0.293. The maximum absolute atomic E-state index is 5.98. The molecule has 0 aliphatic carbocycles. The lowest BCUT2D eigenvalue weighted by atomic mass is 10.0. The normalized spacial score (nSPS) is 12.6. The van der Waals surface area contributed by atoms with Gasteiger partial charge in [0.2, 0.25) is 0 Å². The van der Waals surface area contributed by atoms with Gasteiger partial charge in [-0.2, -0.15) is 0 Å². The van der Waals surface area contributed by atoms with E-state index in [1.807, 2.05) is 7.05 Å². The van der Waals surface area contributed by atoms with Crippen LogP contribution in [0.15, 0.2) is 36.4 Å². The monoisotopic (exact) mass is 243 g/mol. The molecule has 0 saturated heterocycles. The Hall–Kier alpha value is -1.54. The number of ether oxygens (including phenoxy) is 1. The van der Waals surface area contributed by atoms with E-state index in [0.717, 1.165) is 18.8 Å². The Bertz CT molecular complexity index is 521. The van der Waals surface area contributed by atoms with Gasteiger partial charge in [0.1, 0.15) is 5.75 Å². The standard InChI is InChI=1S/C16H21NO/c1-4-11-18-16-14(12(2)17-3)10-9-13-7-5-6-8-15(13)16/h5-10,12,17H,4,11H2,1-3H3. The molecular weight excluding hydrogens is 222 g/mol. The van der Waals surface area contributed by atoms with Crippen LogP contribution in [0.4, 0.5) is 0 Å². The molecule has 1 unspecified atom stereocenters. The summed E-state index contributed by atoms with van der Waals surface area (Å²) in [6.45, 7) is 5.05. The van der Waals surface area contributed by atoms with Crippen molar-refractivity contribution in [1.29, 1.82) is 0 Å². The summed E-state index contributed by atoms with van der Waals surface area (Å²) in [6.07, 6.45) is 1.02. The first-order valence-corrected chi connectivity index (χ1v) is 6.59. The topological polar surface area (TPSA) is 21.3 Å². The van der Waals surface area contributed by atoms with Gasteiger partial charge in [0.25, 0.3) is 0 Å². The summed E-state index contributed by atoms with van der Waals surface area (Å²) in [7, 11) is 1.98. The third-order valence-electron chi connectivity index (χ3n) is 3.26. The lowest BCUT2D eigenvalue weighted by Gasteiger charge is -2.18. The van der Waals surface area contributed by atoms with Crippen molar-refractivity contribution in [1.82, 2.24) is 5.32 Å². The molecule has 0 heterocycles. The Labute approximate surface area is 109 Å². The molecule has 2 nitrogen and oxygen atoms in total. The predicted molar refractivity (Wildman–Crippen MR) is 77.2 cm³/mol. The van der Waals surface area contributed by atoms with Crippen LogP contribution in [0.25, 0.3) is 10.8 Å². The number of rotatable bonds is 5. The first kappa shape index (κ1) is 12.9. The van der Waals surface area contributed by atoms with Gasteiger partial charge in [-0.05, 0) is 25.8 Å². The zero-order valence-electron chi connectivity index (χ0n) is 11.4. The average molecular weight is 243 g/mol. The van der Waals surface area contributed by atoms with Gasteiger partial charge < -0.3 is 10.1 Å². The Balaban J connectivity index is 2.55. The quantitative estimate of drug-likeness (QED) is 0.859. The zero-order valence-corrected chi connectivity index (χ0v) is 11.4. The third kappa shape index (κ3) is 2.49. The second-order valence-corrected chi connectivity index (χ2v) is 4.56. The molecule has 96 valence electrons. The summed E-state index contributed by atoms with van der Waals surface area (Å²) < 4.78 is 5.98. The first-order chi connectivity index (χ1) is 8.77. The van der Waals surface area contributed by atoms with E-state index in [9.17, 15) is 0 Å². The van der Waals surface area contributed by atoms with E-state index in [2.05, 4.69) is 55.6 Å². The first-order valence-electron chi connectivity index (χ1n) is 6.59. The minimum atomic E-state index is 0.293. The third-order valence-corrected chi connectivity index (χ3v) is 3.26. The summed E-state index contributed by atoms with van der Waals surface area (Å²) in [5.41, 5.74) is 1.23. The molecule has 2 aromatic carbocycles. The van der Waals surface area contributed by atoms with E-state index in [1.54, 1.807) is 0 Å². The Kier molecular flexibility index (Phi) is 4.21. The van der Waals surface area contributed by atoms with Crippen LogP contribution in [0, 0.1) is 0 Å². The summed E-state index contributed by atoms with van der Waals surface area (Å²) in [5, 5.41) is 5.71. The second-order valence-electron chi connectivity index (χ2n) is 4.56. The van der Waals surface area contributed by atoms with Crippen molar-refractivity contribution >= 4 is 10.8 Å². The maximum atomic E-state index is 5.98. The van der Waals surface area contributed by atoms with E-state index in [-0.39, 0.29) is 0 Å². The molecule has 0 fully saturated rings. The molecule has 2 aromatic rings. The molecule has 0 spiro atoms. The van der Waals surface area contributed by atoms with Crippen molar-refractivity contribution in [3.05, 3.63) is 42.0 Å². The van der Waals surface area contributed by atoms with Gasteiger partial charge in [0.15, 0.2) is 0 Å². The fourth-order valence-corrected chi connectivity index (χ4v) is 2.12. The number of hydrogen-bond acceptors (Lipinski definition) is 2. The van der Waals surface area contributed by atoms with E-state index >= 15 is 0 Å². The summed E-state index contributed by atoms with van der Waals surface area (Å²) in [5.74, 6) is 1.02. The van der Waals surface area contributed by atoms with Crippen LogP contribution in [-0.2, 0) is 0 Å². The van der Waals surface area contributed by atoms with Crippen LogP contribution in [0.1, 0.15) is 31.9 Å². The molecule has 1 atom stereocenters. The smallest absolute Gasteiger partial charge is 0.131 e. The number of nitrogens with one attached hydrogen (secondary N) is 1. The molecule has 0 amide bonds. The molecule has 2 rings (SSSR count). The summed E-state index contributed by atoms with van der Waals surface area (Å²) >= 11 is 0. The highest BCUT2D eigenvalue weighted by Gasteiger charge is 2.13. The Morgan fingerprint density at radius 1 is 1.17 bits per heavy atom. The van der Waals surface area contributed by atoms with Crippen molar-refractivity contribution in [2.45, 2.75) is 26.3 Å². The maximum Gasteiger partial charge on any atom is 0.131 e. The van der Waals surface area contributed by atoms with Crippen LogP contribution in [-0.4, -0.2) is 13.7 Å². The van der Waals surface area contributed by atoms with E-state index in [1.165, 1.54) is 16.3 Å². The SMILES string of the molecule is CCCOc1c(C(C)NC)ccc2ccccc12. The lowest BCUT2D eigenvalue weighted by molar-refractivity contribution is 0.315. The molecule has 2 heteroatoms. The van der Waals surface area contributed by atoms with Crippen LogP contribution in [0.5, 0.6) is 5.75 Å². The van der Waals surface area contributed by atoms with Crippen LogP contribution in [0.3, 0.4) is 0 Å². The van der Waals surface area contributed by atoms with Gasteiger partial charge in [-0.1, -0.05) is 43.3 Å². The van der Waals surface area contributed by atoms with E-state index in [4.69, 9.17) is 4.74 Å². The van der Waals surface area contributed by atoms with Crippen molar-refractivity contribution in [2.75, 3.05) is 13.7 Å². The van der Waals surface area contributed by atoms with Crippen molar-refractivity contribution < 1.29 is 4.74 Å². The van der Waals surface area contributed by atoms with Crippen molar-refractivity contribution in [2.24, 2.45) is 0 Å². The molecule has 0 aliphatic heterocycles. The summed E-state index contributed by atoms with van der Waals surface area (Å²) in [4.78, 5) is 0. The molecule has 0 saturated carbocycles. The van der Waals surface area contributed by atoms with Gasteiger partial charge in [-0.25, -0.2) is 0 Å². The van der Waals surface area contributed by atoms with E-state index < -0.39 is 0 Å². The minimum Gasteiger partial charge on any atom is -0.493 e. The summed E-state index contributed by atoms with van der Waals surface area (Å²) in [6, 6.07) is 13.0. The fourth-order valence-electron chi connectivity index (χ4n) is 2.12. The van der Waals surface area contributed by atoms with Gasteiger partial charge in [0.05, 0.1) is 6.61 Å². The largest absolute Gasteiger partial charge is 0.493 e. The highest BCUT2D eigenvalue weighted by atomic mass is 16.5. The molecule has 0 aromatic heterocycles. The van der Waals surface area contributed by atoms with Crippen molar-refractivity contribution in [3.8, 4) is 5.75 Å². The highest BCUT2D eigenvalue weighted by Crippen LogP contribution is 2.33. The molecule has 0 aliphatic rings. The van der Waals surface area contributed by atoms with Gasteiger partial charge >= 0.3 is 0 Å². The van der Waals surface area contributed by atoms with Crippen LogP contribution in [0.2, 0.25) is 0 Å². The van der Waals surface area contributed by atoms with Gasteiger partial charge in [-0.15, -0.1) is 0 Å². The fraction of sp³-hybridized carbons (Fsp3) is 0.375. The molecule has 18 heavy (non-hydrogen) atoms. The number of fused-ring (bicyclic) bond motifs is 1. The Morgan fingerprint density at radius 3 is 2.67 bits per heavy atom. The average Bonchev–Trinajstić information content (AvgIpc) is 2.43. The van der Waals surface area contributed by atoms with Crippen LogP contribution >= 0.6 is 0 Å². The predicted octanol–water partition coefficient (Wildman–Crippen LogP) is 3.91. The van der Waals surface area contributed by atoms with Gasteiger partial charge in [-0.3, -0.25) is 0 Å². The Morgan fingerprint density at radius 2 is 1.94 bits per heavy atom. The van der Waals surface area contributed by atoms with Crippen LogP contribution < -0.4 is 10.1 Å². The molecule has 0 bridgehead atoms. The molecule has 1 N–H and O–H groups in total. The molecular formula is C16H21NO.